The molecule has 4 nitrogen and oxygen atoms in total. The molecule has 1 aliphatic rings. The first-order valence-corrected chi connectivity index (χ1v) is 9.40. The van der Waals surface area contributed by atoms with Gasteiger partial charge in [0.15, 0.2) is 5.78 Å². The first-order chi connectivity index (χ1) is 11.0. The highest BCUT2D eigenvalue weighted by atomic mass is 35.5. The first-order valence-electron chi connectivity index (χ1n) is 7.87. The van der Waals surface area contributed by atoms with Gasteiger partial charge in [0.1, 0.15) is 0 Å². The molecule has 0 radical (unpaired) electrons. The molecule has 2 N–H and O–H groups in total. The van der Waals surface area contributed by atoms with Crippen molar-refractivity contribution in [3.05, 3.63) is 34.9 Å². The lowest BCUT2D eigenvalue weighted by Gasteiger charge is -2.34. The molecular formula is C17H23ClN2O2S. The molecule has 2 rings (SSSR count). The summed E-state index contributed by atoms with van der Waals surface area (Å²) in [5, 5.41) is 0.609. The normalized spacial score (nSPS) is 19.4. The van der Waals surface area contributed by atoms with Crippen LogP contribution in [0.5, 0.6) is 0 Å². The second kappa shape index (κ2) is 8.71. The summed E-state index contributed by atoms with van der Waals surface area (Å²) in [7, 11) is 0. The number of nitrogens with zero attached hydrogens (tertiary/aromatic N) is 1. The molecule has 1 heterocycles. The second-order valence-corrected chi connectivity index (χ2v) is 7.45. The standard InChI is InChI=1S/C17H23ClN2O2S/c1-12(19)14-3-2-8-20(9-14)17(22)11-23-10-16(21)13-4-6-15(18)7-5-13/h4-7,12,14H,2-3,8-11,19H2,1H3. The number of halogens is 1. The Labute approximate surface area is 146 Å². The molecule has 0 aromatic heterocycles. The zero-order chi connectivity index (χ0) is 16.8. The van der Waals surface area contributed by atoms with Crippen molar-refractivity contribution in [1.82, 2.24) is 4.90 Å². The van der Waals surface area contributed by atoms with E-state index in [9.17, 15) is 9.59 Å². The zero-order valence-corrected chi connectivity index (χ0v) is 14.9. The molecular weight excluding hydrogens is 332 g/mol. The van der Waals surface area contributed by atoms with Crippen LogP contribution < -0.4 is 5.73 Å². The van der Waals surface area contributed by atoms with Gasteiger partial charge in [0.2, 0.25) is 5.91 Å². The Balaban J connectivity index is 1.76. The number of rotatable bonds is 6. The average molecular weight is 355 g/mol. The van der Waals surface area contributed by atoms with Gasteiger partial charge in [0.25, 0.3) is 0 Å². The van der Waals surface area contributed by atoms with Crippen LogP contribution in [-0.4, -0.2) is 47.2 Å². The van der Waals surface area contributed by atoms with Crippen molar-refractivity contribution in [2.24, 2.45) is 11.7 Å². The summed E-state index contributed by atoms with van der Waals surface area (Å²) in [5.74, 6) is 1.15. The number of carbonyl (C=O) groups is 2. The minimum Gasteiger partial charge on any atom is -0.342 e. The van der Waals surface area contributed by atoms with Gasteiger partial charge in [-0.25, -0.2) is 0 Å². The fourth-order valence-corrected chi connectivity index (χ4v) is 3.64. The largest absolute Gasteiger partial charge is 0.342 e. The number of Topliss-reactive ketones (excluding diaryl/α,β-unsaturated/α-hetero) is 1. The number of piperidine rings is 1. The molecule has 1 aliphatic heterocycles. The number of benzene rings is 1. The summed E-state index contributed by atoms with van der Waals surface area (Å²) in [5.41, 5.74) is 6.58. The van der Waals surface area contributed by atoms with Gasteiger partial charge < -0.3 is 10.6 Å². The van der Waals surface area contributed by atoms with Gasteiger partial charge in [0.05, 0.1) is 11.5 Å². The van der Waals surface area contributed by atoms with Crippen molar-refractivity contribution in [3.8, 4) is 0 Å². The van der Waals surface area contributed by atoms with Crippen molar-refractivity contribution in [3.63, 3.8) is 0 Å². The summed E-state index contributed by atoms with van der Waals surface area (Å²) in [4.78, 5) is 26.2. The summed E-state index contributed by atoms with van der Waals surface area (Å²) in [6.45, 7) is 3.54. The van der Waals surface area contributed by atoms with Crippen molar-refractivity contribution < 1.29 is 9.59 Å². The number of ketones is 1. The molecule has 1 fully saturated rings. The van der Waals surface area contributed by atoms with Crippen molar-refractivity contribution in [2.45, 2.75) is 25.8 Å². The van der Waals surface area contributed by atoms with Gasteiger partial charge in [-0.3, -0.25) is 9.59 Å². The summed E-state index contributed by atoms with van der Waals surface area (Å²) in [6, 6.07) is 6.94. The molecule has 23 heavy (non-hydrogen) atoms. The van der Waals surface area contributed by atoms with Gasteiger partial charge in [-0.1, -0.05) is 11.6 Å². The number of carbonyl (C=O) groups excluding carboxylic acids is 2. The number of hydrogen-bond acceptors (Lipinski definition) is 4. The molecule has 1 aromatic carbocycles. The summed E-state index contributed by atoms with van der Waals surface area (Å²) in [6.07, 6.45) is 2.09. The second-order valence-electron chi connectivity index (χ2n) is 6.02. The van der Waals surface area contributed by atoms with E-state index in [0.29, 0.717) is 28.0 Å². The van der Waals surface area contributed by atoms with Crippen LogP contribution in [0.15, 0.2) is 24.3 Å². The Morgan fingerprint density at radius 2 is 2.04 bits per heavy atom. The van der Waals surface area contributed by atoms with Crippen LogP contribution in [0.4, 0.5) is 0 Å². The molecule has 1 amide bonds. The van der Waals surface area contributed by atoms with Crippen LogP contribution in [0.3, 0.4) is 0 Å². The van der Waals surface area contributed by atoms with Crippen LogP contribution in [-0.2, 0) is 4.79 Å². The maximum atomic E-state index is 12.3. The number of thioether (sulfide) groups is 1. The third-order valence-corrected chi connectivity index (χ3v) is 5.35. The maximum absolute atomic E-state index is 12.3. The molecule has 2 atom stereocenters. The van der Waals surface area contributed by atoms with E-state index in [2.05, 4.69) is 0 Å². The van der Waals surface area contributed by atoms with Crippen LogP contribution in [0.25, 0.3) is 0 Å². The smallest absolute Gasteiger partial charge is 0.232 e. The lowest BCUT2D eigenvalue weighted by atomic mass is 9.92. The molecule has 0 spiro atoms. The van der Waals surface area contributed by atoms with E-state index in [0.717, 1.165) is 25.9 Å². The highest BCUT2D eigenvalue weighted by Crippen LogP contribution is 2.20. The maximum Gasteiger partial charge on any atom is 0.232 e. The third-order valence-electron chi connectivity index (χ3n) is 4.18. The van der Waals surface area contributed by atoms with Gasteiger partial charge in [-0.2, -0.15) is 0 Å². The molecule has 2 unspecified atom stereocenters. The average Bonchev–Trinajstić information content (AvgIpc) is 2.55. The zero-order valence-electron chi connectivity index (χ0n) is 13.3. The van der Waals surface area contributed by atoms with Gasteiger partial charge in [0, 0.05) is 29.7 Å². The number of amides is 1. The van der Waals surface area contributed by atoms with Gasteiger partial charge >= 0.3 is 0 Å². The minimum absolute atomic E-state index is 0.0200. The topological polar surface area (TPSA) is 63.4 Å². The van der Waals surface area contributed by atoms with Crippen LogP contribution in [0, 0.1) is 5.92 Å². The lowest BCUT2D eigenvalue weighted by Crippen LogP contribution is -2.45. The van der Waals surface area contributed by atoms with E-state index in [-0.39, 0.29) is 17.7 Å². The van der Waals surface area contributed by atoms with Crippen molar-refractivity contribution in [1.29, 1.82) is 0 Å². The fraction of sp³-hybridized carbons (Fsp3) is 0.529. The first kappa shape index (κ1) is 18.3. The van der Waals surface area contributed by atoms with E-state index < -0.39 is 0 Å². The van der Waals surface area contributed by atoms with E-state index in [1.165, 1.54) is 11.8 Å². The Bertz CT molecular complexity index is 548. The molecule has 0 aliphatic carbocycles. The SMILES string of the molecule is CC(N)C1CCCN(C(=O)CSCC(=O)c2ccc(Cl)cc2)C1. The molecule has 0 bridgehead atoms. The Hall–Kier alpha value is -1.04. The number of nitrogens with two attached hydrogens (primary N) is 1. The Morgan fingerprint density at radius 3 is 2.70 bits per heavy atom. The van der Waals surface area contributed by atoms with Crippen molar-refractivity contribution in [2.75, 3.05) is 24.6 Å². The van der Waals surface area contributed by atoms with Crippen LogP contribution in [0.2, 0.25) is 5.02 Å². The Morgan fingerprint density at radius 1 is 1.35 bits per heavy atom. The van der Waals surface area contributed by atoms with E-state index in [4.69, 9.17) is 17.3 Å². The third kappa shape index (κ3) is 5.52. The van der Waals surface area contributed by atoms with Gasteiger partial charge in [-0.15, -0.1) is 11.8 Å². The monoisotopic (exact) mass is 354 g/mol. The molecule has 0 saturated carbocycles. The number of likely N-dealkylation sites (tertiary alicyclic amines) is 1. The van der Waals surface area contributed by atoms with Crippen molar-refractivity contribution >= 4 is 35.1 Å². The molecule has 126 valence electrons. The predicted octanol–water partition coefficient (Wildman–Crippen LogP) is 2.84. The van der Waals surface area contributed by atoms with E-state index in [1.807, 2.05) is 11.8 Å². The fourth-order valence-electron chi connectivity index (χ4n) is 2.71. The van der Waals surface area contributed by atoms with E-state index in [1.54, 1.807) is 24.3 Å². The molecule has 6 heteroatoms. The summed E-state index contributed by atoms with van der Waals surface area (Å²) >= 11 is 7.17. The highest BCUT2D eigenvalue weighted by molar-refractivity contribution is 8.00. The molecule has 1 aromatic rings. The minimum atomic E-state index is 0.0200. The van der Waals surface area contributed by atoms with Gasteiger partial charge in [-0.05, 0) is 49.9 Å². The Kier molecular flexibility index (Phi) is 6.93. The lowest BCUT2D eigenvalue weighted by molar-refractivity contribution is -0.130. The summed E-state index contributed by atoms with van der Waals surface area (Å²) < 4.78 is 0. The molecule has 1 saturated heterocycles. The van der Waals surface area contributed by atoms with E-state index >= 15 is 0 Å². The number of hydrogen-bond donors (Lipinski definition) is 1. The quantitative estimate of drug-likeness (QED) is 0.798. The van der Waals surface area contributed by atoms with Crippen LogP contribution in [0.1, 0.15) is 30.1 Å². The van der Waals surface area contributed by atoms with Crippen LogP contribution >= 0.6 is 23.4 Å². The highest BCUT2D eigenvalue weighted by Gasteiger charge is 2.25. The predicted molar refractivity (Wildman–Crippen MR) is 96.1 cm³/mol.